The highest BCUT2D eigenvalue weighted by atomic mass is 32.1. The van der Waals surface area contributed by atoms with Gasteiger partial charge in [-0.15, -0.1) is 11.3 Å². The minimum absolute atomic E-state index is 0.0137. The molecule has 1 saturated heterocycles. The second-order valence-electron chi connectivity index (χ2n) is 5.33. The molecular formula is C13H15N3O4S. The third kappa shape index (κ3) is 3.05. The van der Waals surface area contributed by atoms with Crippen molar-refractivity contribution < 1.29 is 19.5 Å². The van der Waals surface area contributed by atoms with Crippen LogP contribution in [0.1, 0.15) is 34.8 Å². The molecule has 112 valence electrons. The standard InChI is InChI=1S/C13H15N3O4S/c17-11-3-7(5-16(11)8-1-2-8)12(18)14-4-10-15-9(6-21-10)13(19)20/h6-8H,1-5H2,(H,14,18)(H,19,20). The van der Waals surface area contributed by atoms with E-state index in [1.807, 2.05) is 0 Å². The van der Waals surface area contributed by atoms with Gasteiger partial charge in [0.15, 0.2) is 5.69 Å². The summed E-state index contributed by atoms with van der Waals surface area (Å²) in [7, 11) is 0. The molecule has 0 radical (unpaired) electrons. The summed E-state index contributed by atoms with van der Waals surface area (Å²) in [5, 5.41) is 13.5. The number of hydrogen-bond donors (Lipinski definition) is 2. The van der Waals surface area contributed by atoms with E-state index in [-0.39, 0.29) is 36.4 Å². The molecule has 2 amide bonds. The molecule has 0 aromatic carbocycles. The first-order valence-corrected chi connectivity index (χ1v) is 7.67. The summed E-state index contributed by atoms with van der Waals surface area (Å²) < 4.78 is 0. The van der Waals surface area contributed by atoms with Crippen molar-refractivity contribution in [3.8, 4) is 0 Å². The monoisotopic (exact) mass is 309 g/mol. The van der Waals surface area contributed by atoms with Gasteiger partial charge in [0, 0.05) is 24.4 Å². The number of hydrogen-bond acceptors (Lipinski definition) is 5. The molecule has 3 rings (SSSR count). The summed E-state index contributed by atoms with van der Waals surface area (Å²) in [4.78, 5) is 40.3. The summed E-state index contributed by atoms with van der Waals surface area (Å²) in [6.07, 6.45) is 2.34. The van der Waals surface area contributed by atoms with E-state index in [9.17, 15) is 14.4 Å². The van der Waals surface area contributed by atoms with Crippen molar-refractivity contribution in [2.24, 2.45) is 5.92 Å². The van der Waals surface area contributed by atoms with Crippen LogP contribution >= 0.6 is 11.3 Å². The molecule has 2 N–H and O–H groups in total. The van der Waals surface area contributed by atoms with Crippen molar-refractivity contribution in [3.63, 3.8) is 0 Å². The summed E-state index contributed by atoms with van der Waals surface area (Å²) in [5.74, 6) is -1.50. The highest BCUT2D eigenvalue weighted by molar-refractivity contribution is 7.09. The van der Waals surface area contributed by atoms with Crippen LogP contribution in [0.2, 0.25) is 0 Å². The Morgan fingerprint density at radius 2 is 2.24 bits per heavy atom. The van der Waals surface area contributed by atoms with Crippen molar-refractivity contribution in [1.82, 2.24) is 15.2 Å². The number of carboxylic acids is 1. The van der Waals surface area contributed by atoms with Gasteiger partial charge in [-0.2, -0.15) is 0 Å². The van der Waals surface area contributed by atoms with Gasteiger partial charge in [-0.3, -0.25) is 9.59 Å². The van der Waals surface area contributed by atoms with E-state index in [1.54, 1.807) is 4.90 Å². The van der Waals surface area contributed by atoms with Crippen LogP contribution in [0.4, 0.5) is 0 Å². The predicted molar refractivity (Wildman–Crippen MR) is 73.8 cm³/mol. The van der Waals surface area contributed by atoms with E-state index in [0.717, 1.165) is 12.8 Å². The smallest absolute Gasteiger partial charge is 0.355 e. The van der Waals surface area contributed by atoms with E-state index >= 15 is 0 Å². The molecule has 1 atom stereocenters. The topological polar surface area (TPSA) is 99.6 Å². The zero-order valence-electron chi connectivity index (χ0n) is 11.2. The van der Waals surface area contributed by atoms with Crippen LogP contribution in [-0.2, 0) is 16.1 Å². The van der Waals surface area contributed by atoms with Gasteiger partial charge in [-0.25, -0.2) is 9.78 Å². The third-order valence-corrected chi connectivity index (χ3v) is 4.55. The Labute approximate surface area is 125 Å². The third-order valence-electron chi connectivity index (χ3n) is 3.70. The molecule has 0 spiro atoms. The number of carbonyl (C=O) groups is 3. The highest BCUT2D eigenvalue weighted by Gasteiger charge is 2.41. The number of nitrogens with zero attached hydrogens (tertiary/aromatic N) is 2. The lowest BCUT2D eigenvalue weighted by Gasteiger charge is -2.15. The average Bonchev–Trinajstić information content (AvgIpc) is 3.03. The molecule has 0 bridgehead atoms. The first-order chi connectivity index (χ1) is 10.0. The Kier molecular flexibility index (Phi) is 3.62. The molecule has 1 aliphatic carbocycles. The maximum Gasteiger partial charge on any atom is 0.355 e. The predicted octanol–water partition coefficient (Wildman–Crippen LogP) is 0.468. The fourth-order valence-electron chi connectivity index (χ4n) is 2.44. The largest absolute Gasteiger partial charge is 0.476 e. The van der Waals surface area contributed by atoms with Crippen LogP contribution in [0.15, 0.2) is 5.38 Å². The second kappa shape index (κ2) is 5.44. The molecule has 7 nitrogen and oxygen atoms in total. The summed E-state index contributed by atoms with van der Waals surface area (Å²) in [6.45, 7) is 0.693. The molecule has 2 aliphatic rings. The van der Waals surface area contributed by atoms with Crippen LogP contribution in [0.3, 0.4) is 0 Å². The van der Waals surface area contributed by atoms with E-state index in [4.69, 9.17) is 5.11 Å². The summed E-state index contributed by atoms with van der Waals surface area (Å²) in [6, 6.07) is 0.340. The number of rotatable bonds is 5. The number of thiazole rings is 1. The number of carbonyl (C=O) groups excluding carboxylic acids is 2. The number of amides is 2. The van der Waals surface area contributed by atoms with Gasteiger partial charge in [0.25, 0.3) is 0 Å². The first kappa shape index (κ1) is 14.0. The molecule has 1 aromatic heterocycles. The zero-order valence-corrected chi connectivity index (χ0v) is 12.1. The maximum atomic E-state index is 12.1. The number of aromatic nitrogens is 1. The Morgan fingerprint density at radius 3 is 2.86 bits per heavy atom. The first-order valence-electron chi connectivity index (χ1n) is 6.79. The second-order valence-corrected chi connectivity index (χ2v) is 6.27. The van der Waals surface area contributed by atoms with Gasteiger partial charge in [0.2, 0.25) is 11.8 Å². The van der Waals surface area contributed by atoms with Crippen molar-refractivity contribution in [3.05, 3.63) is 16.1 Å². The average molecular weight is 309 g/mol. The van der Waals surface area contributed by atoms with E-state index in [1.165, 1.54) is 16.7 Å². The van der Waals surface area contributed by atoms with Gasteiger partial charge >= 0.3 is 5.97 Å². The van der Waals surface area contributed by atoms with Gasteiger partial charge in [-0.1, -0.05) is 0 Å². The summed E-state index contributed by atoms with van der Waals surface area (Å²) in [5.41, 5.74) is -0.0137. The van der Waals surface area contributed by atoms with Crippen LogP contribution in [-0.4, -0.2) is 45.4 Å². The lowest BCUT2D eigenvalue weighted by atomic mass is 10.1. The van der Waals surface area contributed by atoms with Gasteiger partial charge in [0.05, 0.1) is 12.5 Å². The van der Waals surface area contributed by atoms with Gasteiger partial charge < -0.3 is 15.3 Å². The number of aromatic carboxylic acids is 1. The molecule has 8 heteroatoms. The lowest BCUT2D eigenvalue weighted by molar-refractivity contribution is -0.129. The number of carboxylic acid groups (broad SMARTS) is 1. The Morgan fingerprint density at radius 1 is 1.48 bits per heavy atom. The Bertz CT molecular complexity index is 596. The van der Waals surface area contributed by atoms with Crippen LogP contribution in [0, 0.1) is 5.92 Å². The molecule has 21 heavy (non-hydrogen) atoms. The Balaban J connectivity index is 1.52. The van der Waals surface area contributed by atoms with Gasteiger partial charge in [0.1, 0.15) is 5.01 Å². The molecule has 2 heterocycles. The lowest BCUT2D eigenvalue weighted by Crippen LogP contribution is -2.33. The van der Waals surface area contributed by atoms with Crippen LogP contribution < -0.4 is 5.32 Å². The molecule has 2 fully saturated rings. The molecule has 1 saturated carbocycles. The van der Waals surface area contributed by atoms with Gasteiger partial charge in [-0.05, 0) is 12.8 Å². The number of nitrogens with one attached hydrogen (secondary N) is 1. The number of likely N-dealkylation sites (tertiary alicyclic amines) is 1. The minimum atomic E-state index is -1.08. The summed E-state index contributed by atoms with van der Waals surface area (Å²) >= 11 is 1.19. The van der Waals surface area contributed by atoms with E-state index in [2.05, 4.69) is 10.3 Å². The SMILES string of the molecule is O=C(O)c1csc(CNC(=O)C2CC(=O)N(C3CC3)C2)n1. The van der Waals surface area contributed by atoms with E-state index < -0.39 is 5.97 Å². The maximum absolute atomic E-state index is 12.1. The zero-order chi connectivity index (χ0) is 15.0. The quantitative estimate of drug-likeness (QED) is 0.823. The normalized spacial score (nSPS) is 21.6. The van der Waals surface area contributed by atoms with Crippen molar-refractivity contribution >= 4 is 29.1 Å². The molecule has 1 aliphatic heterocycles. The highest BCUT2D eigenvalue weighted by Crippen LogP contribution is 2.32. The van der Waals surface area contributed by atoms with Crippen molar-refractivity contribution in [2.45, 2.75) is 31.8 Å². The van der Waals surface area contributed by atoms with E-state index in [0.29, 0.717) is 17.6 Å². The van der Waals surface area contributed by atoms with Crippen LogP contribution in [0.25, 0.3) is 0 Å². The van der Waals surface area contributed by atoms with Crippen molar-refractivity contribution in [1.29, 1.82) is 0 Å². The molecule has 1 unspecified atom stereocenters. The fraction of sp³-hybridized carbons (Fsp3) is 0.538. The van der Waals surface area contributed by atoms with Crippen LogP contribution in [0.5, 0.6) is 0 Å². The Hall–Kier alpha value is -1.96. The fourth-order valence-corrected chi connectivity index (χ4v) is 3.15. The minimum Gasteiger partial charge on any atom is -0.476 e. The molecule has 1 aromatic rings. The van der Waals surface area contributed by atoms with Crippen molar-refractivity contribution in [2.75, 3.05) is 6.54 Å². The molecular weight excluding hydrogens is 294 g/mol.